The van der Waals surface area contributed by atoms with E-state index in [1.807, 2.05) is 50.2 Å². The van der Waals surface area contributed by atoms with Crippen LogP contribution in [0, 0.1) is 13.8 Å². The van der Waals surface area contributed by atoms with Crippen LogP contribution >= 0.6 is 23.1 Å². The number of carbonyl (C=O) groups excluding carboxylic acids is 1. The Kier molecular flexibility index (Phi) is 4.91. The van der Waals surface area contributed by atoms with Crippen molar-refractivity contribution in [2.45, 2.75) is 19.1 Å². The van der Waals surface area contributed by atoms with Gasteiger partial charge in [0.25, 0.3) is 5.22 Å². The lowest BCUT2D eigenvalue weighted by atomic mass is 10.1. The number of rotatable bonds is 5. The summed E-state index contributed by atoms with van der Waals surface area (Å²) in [5.41, 5.74) is 4.03. The molecular weight excluding hydrogens is 380 g/mol. The maximum Gasteiger partial charge on any atom is 0.277 e. The molecule has 0 aliphatic heterocycles. The fraction of sp³-hybridized carbons (Fsp3) is 0.158. The van der Waals surface area contributed by atoms with Gasteiger partial charge < -0.3 is 9.73 Å². The van der Waals surface area contributed by atoms with Crippen LogP contribution in [0.15, 0.2) is 52.1 Å². The minimum absolute atomic E-state index is 0.161. The predicted molar refractivity (Wildman–Crippen MR) is 108 cm³/mol. The summed E-state index contributed by atoms with van der Waals surface area (Å²) in [6, 6.07) is 13.8. The first kappa shape index (κ1) is 17.7. The van der Waals surface area contributed by atoms with Gasteiger partial charge in [-0.05, 0) is 43.7 Å². The molecule has 0 bridgehead atoms. The smallest absolute Gasteiger partial charge is 0.277 e. The Bertz CT molecular complexity index is 1120. The normalized spacial score (nSPS) is 11.0. The number of aromatic nitrogens is 3. The molecule has 2 heterocycles. The number of fused-ring (bicyclic) bond motifs is 1. The predicted octanol–water partition coefficient (Wildman–Crippen LogP) is 4.69. The summed E-state index contributed by atoms with van der Waals surface area (Å²) < 4.78 is 6.69. The molecule has 0 saturated heterocycles. The van der Waals surface area contributed by atoms with Crippen molar-refractivity contribution in [3.05, 3.63) is 53.6 Å². The molecule has 2 aromatic carbocycles. The molecule has 0 spiro atoms. The molecule has 8 heteroatoms. The van der Waals surface area contributed by atoms with Crippen LogP contribution in [0.4, 0.5) is 5.13 Å². The number of anilines is 1. The summed E-state index contributed by atoms with van der Waals surface area (Å²) in [4.78, 5) is 16.6. The maximum absolute atomic E-state index is 12.2. The van der Waals surface area contributed by atoms with Crippen LogP contribution in [-0.2, 0) is 4.79 Å². The van der Waals surface area contributed by atoms with E-state index < -0.39 is 0 Å². The van der Waals surface area contributed by atoms with Crippen molar-refractivity contribution in [1.29, 1.82) is 0 Å². The number of carbonyl (C=O) groups is 1. The fourth-order valence-electron chi connectivity index (χ4n) is 2.53. The zero-order chi connectivity index (χ0) is 18.8. The van der Waals surface area contributed by atoms with Gasteiger partial charge in [0.1, 0.15) is 0 Å². The summed E-state index contributed by atoms with van der Waals surface area (Å²) in [5, 5.41) is 11.8. The summed E-state index contributed by atoms with van der Waals surface area (Å²) in [6.07, 6.45) is 0. The largest absolute Gasteiger partial charge is 0.411 e. The highest BCUT2D eigenvalue weighted by atomic mass is 32.2. The quantitative estimate of drug-likeness (QED) is 0.493. The lowest BCUT2D eigenvalue weighted by Gasteiger charge is -1.99. The van der Waals surface area contributed by atoms with Crippen molar-refractivity contribution in [2.75, 3.05) is 11.1 Å². The standard InChI is InChI=1S/C19H16N4O2S2/c1-11-4-3-5-13(8-11)17-22-23-19(25-17)26-10-16(24)21-18-20-14-7-6-12(2)9-15(14)27-18/h3-9H,10H2,1-2H3,(H,20,21,24). The van der Waals surface area contributed by atoms with E-state index in [-0.39, 0.29) is 11.7 Å². The first-order valence-electron chi connectivity index (χ1n) is 8.27. The molecule has 1 amide bonds. The topological polar surface area (TPSA) is 80.9 Å². The monoisotopic (exact) mass is 396 g/mol. The number of aryl methyl sites for hydroxylation is 2. The van der Waals surface area contributed by atoms with Gasteiger partial charge in [0.05, 0.1) is 16.0 Å². The third-order valence-electron chi connectivity index (χ3n) is 3.79. The zero-order valence-corrected chi connectivity index (χ0v) is 16.4. The Morgan fingerprint density at radius 2 is 2.00 bits per heavy atom. The molecule has 1 N–H and O–H groups in total. The van der Waals surface area contributed by atoms with Crippen molar-refractivity contribution in [3.8, 4) is 11.5 Å². The summed E-state index contributed by atoms with van der Waals surface area (Å²) in [7, 11) is 0. The van der Waals surface area contributed by atoms with Gasteiger partial charge in [-0.2, -0.15) is 0 Å². The third kappa shape index (κ3) is 4.17. The number of nitrogens with one attached hydrogen (secondary N) is 1. The van der Waals surface area contributed by atoms with Gasteiger partial charge in [-0.1, -0.05) is 46.9 Å². The van der Waals surface area contributed by atoms with Gasteiger partial charge in [-0.3, -0.25) is 4.79 Å². The fourth-order valence-corrected chi connectivity index (χ4v) is 4.07. The maximum atomic E-state index is 12.2. The van der Waals surface area contributed by atoms with Gasteiger partial charge in [0.2, 0.25) is 11.8 Å². The Morgan fingerprint density at radius 3 is 2.85 bits per heavy atom. The lowest BCUT2D eigenvalue weighted by Crippen LogP contribution is -2.13. The average molecular weight is 396 g/mol. The minimum Gasteiger partial charge on any atom is -0.411 e. The Morgan fingerprint density at radius 1 is 1.15 bits per heavy atom. The molecule has 0 aliphatic carbocycles. The van der Waals surface area contributed by atoms with Crippen LogP contribution in [-0.4, -0.2) is 26.8 Å². The first-order valence-corrected chi connectivity index (χ1v) is 10.1. The van der Waals surface area contributed by atoms with Crippen LogP contribution in [0.3, 0.4) is 0 Å². The molecule has 136 valence electrons. The molecule has 27 heavy (non-hydrogen) atoms. The van der Waals surface area contributed by atoms with Crippen LogP contribution in [0.25, 0.3) is 21.7 Å². The molecule has 4 rings (SSSR count). The van der Waals surface area contributed by atoms with Crippen molar-refractivity contribution in [3.63, 3.8) is 0 Å². The van der Waals surface area contributed by atoms with Gasteiger partial charge in [-0.15, -0.1) is 10.2 Å². The second-order valence-electron chi connectivity index (χ2n) is 6.07. The number of amides is 1. The Labute approximate surface area is 164 Å². The summed E-state index contributed by atoms with van der Waals surface area (Å²) in [5.74, 6) is 0.457. The van der Waals surface area contributed by atoms with Crippen LogP contribution in [0.2, 0.25) is 0 Å². The van der Waals surface area contributed by atoms with Crippen molar-refractivity contribution in [2.24, 2.45) is 0 Å². The number of thioether (sulfide) groups is 1. The molecule has 4 aromatic rings. The van der Waals surface area contributed by atoms with E-state index in [2.05, 4.69) is 26.6 Å². The van der Waals surface area contributed by atoms with Crippen molar-refractivity contribution < 1.29 is 9.21 Å². The minimum atomic E-state index is -0.161. The zero-order valence-electron chi connectivity index (χ0n) is 14.7. The SMILES string of the molecule is Cc1cccc(-c2nnc(SCC(=O)Nc3nc4ccc(C)cc4s3)o2)c1. The summed E-state index contributed by atoms with van der Waals surface area (Å²) >= 11 is 2.66. The van der Waals surface area contributed by atoms with Crippen molar-refractivity contribution in [1.82, 2.24) is 15.2 Å². The Hall–Kier alpha value is -2.71. The second kappa shape index (κ2) is 7.50. The number of hydrogen-bond acceptors (Lipinski definition) is 7. The van der Waals surface area contributed by atoms with E-state index in [4.69, 9.17) is 4.42 Å². The van der Waals surface area contributed by atoms with Crippen LogP contribution in [0.5, 0.6) is 0 Å². The lowest BCUT2D eigenvalue weighted by molar-refractivity contribution is -0.113. The highest BCUT2D eigenvalue weighted by Crippen LogP contribution is 2.27. The van der Waals surface area contributed by atoms with E-state index in [0.29, 0.717) is 16.2 Å². The van der Waals surface area contributed by atoms with Crippen LogP contribution in [0.1, 0.15) is 11.1 Å². The first-order chi connectivity index (χ1) is 13.1. The summed E-state index contributed by atoms with van der Waals surface area (Å²) in [6.45, 7) is 4.03. The number of thiazole rings is 1. The van der Waals surface area contributed by atoms with Crippen LogP contribution < -0.4 is 5.32 Å². The van der Waals surface area contributed by atoms with Gasteiger partial charge in [0.15, 0.2) is 5.13 Å². The van der Waals surface area contributed by atoms with E-state index >= 15 is 0 Å². The van der Waals surface area contributed by atoms with Gasteiger partial charge in [0, 0.05) is 5.56 Å². The molecule has 2 aromatic heterocycles. The molecule has 0 saturated carbocycles. The number of benzene rings is 2. The molecule has 0 radical (unpaired) electrons. The second-order valence-corrected chi connectivity index (χ2v) is 8.03. The Balaban J connectivity index is 1.37. The molecular formula is C19H16N4O2S2. The third-order valence-corrected chi connectivity index (χ3v) is 5.54. The van der Waals surface area contributed by atoms with Gasteiger partial charge in [-0.25, -0.2) is 4.98 Å². The number of hydrogen-bond donors (Lipinski definition) is 1. The molecule has 0 fully saturated rings. The molecule has 0 aliphatic rings. The highest BCUT2D eigenvalue weighted by molar-refractivity contribution is 7.99. The van der Waals surface area contributed by atoms with E-state index in [9.17, 15) is 4.79 Å². The van der Waals surface area contributed by atoms with E-state index in [0.717, 1.165) is 21.3 Å². The number of nitrogens with zero attached hydrogens (tertiary/aromatic N) is 3. The highest BCUT2D eigenvalue weighted by Gasteiger charge is 2.13. The van der Waals surface area contributed by atoms with Gasteiger partial charge >= 0.3 is 0 Å². The van der Waals surface area contributed by atoms with E-state index in [1.54, 1.807) is 0 Å². The molecule has 6 nitrogen and oxygen atoms in total. The molecule has 0 atom stereocenters. The van der Waals surface area contributed by atoms with Crippen molar-refractivity contribution >= 4 is 44.4 Å². The average Bonchev–Trinajstić information content (AvgIpc) is 3.26. The molecule has 0 unspecified atom stereocenters. The van der Waals surface area contributed by atoms with E-state index in [1.165, 1.54) is 28.7 Å².